The summed E-state index contributed by atoms with van der Waals surface area (Å²) >= 11 is 0. The van der Waals surface area contributed by atoms with E-state index in [1.807, 2.05) is 0 Å². The van der Waals surface area contributed by atoms with Gasteiger partial charge in [0.2, 0.25) is 0 Å². The highest BCUT2D eigenvalue weighted by Gasteiger charge is 2.40. The van der Waals surface area contributed by atoms with Crippen molar-refractivity contribution < 1.29 is 14.3 Å². The van der Waals surface area contributed by atoms with Crippen molar-refractivity contribution in [2.45, 2.75) is 51.1 Å². The van der Waals surface area contributed by atoms with Gasteiger partial charge in [-0.3, -0.25) is 4.79 Å². The Hall–Kier alpha value is -2.12. The average Bonchev–Trinajstić information content (AvgIpc) is 2.97. The zero-order valence-corrected chi connectivity index (χ0v) is 16.6. The van der Waals surface area contributed by atoms with E-state index >= 15 is 0 Å². The standard InChI is InChI=1S/C20H25FN4O2.ClH/c1-11-7-14(21)5-6-16(11)25-10-17(26)19(24-25)20(27)23-18-12-3-2-4-13(18)9-15(22)8-12;/h5-7,10,12-13,15,18,26H,2-4,8-9,22H2,1H3,(H,23,27);1H. The Morgan fingerprint density at radius 2 is 2.00 bits per heavy atom. The van der Waals surface area contributed by atoms with E-state index in [-0.39, 0.29) is 47.7 Å². The van der Waals surface area contributed by atoms with E-state index in [1.165, 1.54) is 29.4 Å². The zero-order valence-electron chi connectivity index (χ0n) is 15.8. The lowest BCUT2D eigenvalue weighted by molar-refractivity contribution is 0.0749. The molecule has 8 heteroatoms. The van der Waals surface area contributed by atoms with Crippen molar-refractivity contribution in [1.29, 1.82) is 0 Å². The highest BCUT2D eigenvalue weighted by molar-refractivity contribution is 5.95. The molecule has 1 heterocycles. The molecule has 1 aromatic carbocycles. The van der Waals surface area contributed by atoms with Crippen LogP contribution < -0.4 is 11.1 Å². The fraction of sp³-hybridized carbons (Fsp3) is 0.500. The Bertz CT molecular complexity index is 858. The summed E-state index contributed by atoms with van der Waals surface area (Å²) in [7, 11) is 0. The van der Waals surface area contributed by atoms with Crippen LogP contribution in [0.1, 0.15) is 48.2 Å². The molecule has 2 unspecified atom stereocenters. The van der Waals surface area contributed by atoms with Gasteiger partial charge in [0.25, 0.3) is 5.91 Å². The zero-order chi connectivity index (χ0) is 19.1. The van der Waals surface area contributed by atoms with Gasteiger partial charge in [-0.05, 0) is 68.2 Å². The Kier molecular flexibility index (Phi) is 5.95. The highest BCUT2D eigenvalue weighted by Crippen LogP contribution is 2.39. The molecule has 2 aliphatic carbocycles. The van der Waals surface area contributed by atoms with Crippen molar-refractivity contribution in [2.24, 2.45) is 17.6 Å². The summed E-state index contributed by atoms with van der Waals surface area (Å²) in [5.74, 6) is -0.120. The number of nitrogens with one attached hydrogen (secondary N) is 1. The van der Waals surface area contributed by atoms with Gasteiger partial charge in [-0.25, -0.2) is 9.07 Å². The minimum Gasteiger partial charge on any atom is -0.504 e. The quantitative estimate of drug-likeness (QED) is 0.727. The average molecular weight is 409 g/mol. The third-order valence-corrected chi connectivity index (χ3v) is 5.99. The van der Waals surface area contributed by atoms with Gasteiger partial charge in [0, 0.05) is 12.1 Å². The van der Waals surface area contributed by atoms with Gasteiger partial charge in [-0.1, -0.05) is 6.42 Å². The number of amides is 1. The van der Waals surface area contributed by atoms with Crippen LogP contribution in [0.25, 0.3) is 5.69 Å². The summed E-state index contributed by atoms with van der Waals surface area (Å²) in [5, 5.41) is 17.6. The number of carbonyl (C=O) groups excluding carboxylic acids is 1. The number of nitrogens with two attached hydrogens (primary N) is 1. The van der Waals surface area contributed by atoms with E-state index in [0.717, 1.165) is 25.7 Å². The predicted molar refractivity (Wildman–Crippen MR) is 106 cm³/mol. The summed E-state index contributed by atoms with van der Waals surface area (Å²) in [4.78, 5) is 12.8. The van der Waals surface area contributed by atoms with E-state index in [2.05, 4.69) is 10.4 Å². The predicted octanol–water partition coefficient (Wildman–Crippen LogP) is 3.08. The van der Waals surface area contributed by atoms with Crippen LogP contribution >= 0.6 is 12.4 Å². The first-order chi connectivity index (χ1) is 12.9. The number of aryl methyl sites for hydroxylation is 1. The first-order valence-electron chi connectivity index (χ1n) is 9.54. The summed E-state index contributed by atoms with van der Waals surface area (Å²) in [5.41, 5.74) is 7.43. The van der Waals surface area contributed by atoms with Gasteiger partial charge in [-0.2, -0.15) is 5.10 Å². The number of benzene rings is 1. The lowest BCUT2D eigenvalue weighted by atomic mass is 9.67. The van der Waals surface area contributed by atoms with Gasteiger partial charge in [-0.15, -0.1) is 12.4 Å². The van der Waals surface area contributed by atoms with Crippen LogP contribution in [-0.2, 0) is 0 Å². The molecule has 1 aromatic heterocycles. The Morgan fingerprint density at radius 1 is 1.32 bits per heavy atom. The van der Waals surface area contributed by atoms with Crippen LogP contribution in [0, 0.1) is 24.6 Å². The molecule has 28 heavy (non-hydrogen) atoms. The first-order valence-corrected chi connectivity index (χ1v) is 9.54. The van der Waals surface area contributed by atoms with Crippen LogP contribution in [0.5, 0.6) is 5.75 Å². The number of aromatic hydroxyl groups is 1. The van der Waals surface area contributed by atoms with Gasteiger partial charge in [0.1, 0.15) is 5.82 Å². The second kappa shape index (κ2) is 8.09. The number of rotatable bonds is 3. The van der Waals surface area contributed by atoms with Gasteiger partial charge < -0.3 is 16.2 Å². The molecular formula is C20H26ClFN4O2. The first kappa shape index (κ1) is 20.6. The highest BCUT2D eigenvalue weighted by atomic mass is 35.5. The lowest BCUT2D eigenvalue weighted by Gasteiger charge is -2.45. The van der Waals surface area contributed by atoms with Gasteiger partial charge >= 0.3 is 0 Å². The fourth-order valence-corrected chi connectivity index (χ4v) is 4.77. The summed E-state index contributed by atoms with van der Waals surface area (Å²) in [6.45, 7) is 1.75. The van der Waals surface area contributed by atoms with Crippen LogP contribution in [0.4, 0.5) is 4.39 Å². The number of hydrogen-bond donors (Lipinski definition) is 3. The largest absolute Gasteiger partial charge is 0.504 e. The molecule has 2 aliphatic rings. The second-order valence-corrected chi connectivity index (χ2v) is 7.92. The Balaban J connectivity index is 0.00000225. The maximum absolute atomic E-state index is 13.3. The molecule has 0 spiro atoms. The van der Waals surface area contributed by atoms with E-state index in [4.69, 9.17) is 5.73 Å². The van der Waals surface area contributed by atoms with E-state index < -0.39 is 0 Å². The third kappa shape index (κ3) is 3.86. The molecule has 152 valence electrons. The molecule has 0 radical (unpaired) electrons. The number of aromatic nitrogens is 2. The van der Waals surface area contributed by atoms with Crippen molar-refractivity contribution >= 4 is 18.3 Å². The second-order valence-electron chi connectivity index (χ2n) is 7.92. The number of fused-ring (bicyclic) bond motifs is 2. The molecule has 1 amide bonds. The Labute approximate surface area is 169 Å². The van der Waals surface area contributed by atoms with Crippen LogP contribution in [0.3, 0.4) is 0 Å². The maximum Gasteiger partial charge on any atom is 0.275 e. The molecule has 2 fully saturated rings. The number of halogens is 2. The lowest BCUT2D eigenvalue weighted by Crippen LogP contribution is -2.53. The molecule has 6 nitrogen and oxygen atoms in total. The molecule has 0 saturated heterocycles. The molecule has 4 N–H and O–H groups in total. The molecule has 0 aliphatic heterocycles. The van der Waals surface area contributed by atoms with Crippen LogP contribution in [0.2, 0.25) is 0 Å². The SMILES string of the molecule is Cc1cc(F)ccc1-n1cc(O)c(C(=O)NC2C3CCCC2CC(N)C3)n1.Cl. The van der Waals surface area contributed by atoms with E-state index in [1.54, 1.807) is 13.0 Å². The third-order valence-electron chi connectivity index (χ3n) is 5.99. The van der Waals surface area contributed by atoms with Gasteiger partial charge in [0.05, 0.1) is 11.9 Å². The van der Waals surface area contributed by atoms with Crippen molar-refractivity contribution in [3.63, 3.8) is 0 Å². The van der Waals surface area contributed by atoms with Crippen molar-refractivity contribution in [3.8, 4) is 11.4 Å². The molecule has 2 bridgehead atoms. The summed E-state index contributed by atoms with van der Waals surface area (Å²) in [6, 6.07) is 4.59. The normalized spacial score (nSPS) is 26.4. The monoisotopic (exact) mass is 408 g/mol. The topological polar surface area (TPSA) is 93.2 Å². The molecule has 2 saturated carbocycles. The van der Waals surface area contributed by atoms with Gasteiger partial charge in [0.15, 0.2) is 11.4 Å². The van der Waals surface area contributed by atoms with Crippen molar-refractivity contribution in [2.75, 3.05) is 0 Å². The van der Waals surface area contributed by atoms with E-state index in [0.29, 0.717) is 23.1 Å². The van der Waals surface area contributed by atoms with Crippen LogP contribution in [-0.4, -0.2) is 32.9 Å². The Morgan fingerprint density at radius 3 is 2.64 bits per heavy atom. The van der Waals surface area contributed by atoms with E-state index in [9.17, 15) is 14.3 Å². The number of hydrogen-bond acceptors (Lipinski definition) is 4. The molecular weight excluding hydrogens is 383 g/mol. The molecule has 4 rings (SSSR count). The minimum atomic E-state index is -0.372. The molecule has 2 atom stereocenters. The van der Waals surface area contributed by atoms with Crippen molar-refractivity contribution in [1.82, 2.24) is 15.1 Å². The fourth-order valence-electron chi connectivity index (χ4n) is 4.77. The molecule has 2 aromatic rings. The smallest absolute Gasteiger partial charge is 0.275 e. The number of nitrogens with zero attached hydrogens (tertiary/aromatic N) is 2. The van der Waals surface area contributed by atoms with Crippen LogP contribution in [0.15, 0.2) is 24.4 Å². The maximum atomic E-state index is 13.3. The number of carbonyl (C=O) groups is 1. The minimum absolute atomic E-state index is 0. The summed E-state index contributed by atoms with van der Waals surface area (Å²) < 4.78 is 14.7. The summed E-state index contributed by atoms with van der Waals surface area (Å²) in [6.07, 6.45) is 6.56. The van der Waals surface area contributed by atoms with Crippen molar-refractivity contribution in [3.05, 3.63) is 41.5 Å².